The van der Waals surface area contributed by atoms with Crippen molar-refractivity contribution in [3.8, 4) is 0 Å². The molecule has 0 aliphatic heterocycles. The number of benzene rings is 1. The summed E-state index contributed by atoms with van der Waals surface area (Å²) >= 11 is 5.53. The third-order valence-corrected chi connectivity index (χ3v) is 4.44. The first-order valence-electron chi connectivity index (χ1n) is 8.52. The van der Waals surface area contributed by atoms with Crippen molar-refractivity contribution in [1.29, 1.82) is 0 Å². The Hall–Kier alpha value is -3.08. The number of anilines is 2. The molecule has 2 N–H and O–H groups in total. The average molecular weight is 447 g/mol. The van der Waals surface area contributed by atoms with Gasteiger partial charge in [0.25, 0.3) is 0 Å². The molecule has 0 aliphatic carbocycles. The summed E-state index contributed by atoms with van der Waals surface area (Å²) in [5, 5.41) is 8.26. The predicted octanol–water partition coefficient (Wildman–Crippen LogP) is 3.54. The largest absolute Gasteiger partial charge is 0.464 e. The minimum atomic E-state index is -4.67. The van der Waals surface area contributed by atoms with E-state index in [1.54, 1.807) is 14.0 Å². The van der Waals surface area contributed by atoms with Crippen LogP contribution in [0.4, 0.5) is 24.5 Å². The summed E-state index contributed by atoms with van der Waals surface area (Å²) in [6, 6.07) is 2.95. The monoisotopic (exact) mass is 446 g/mol. The molecule has 8 nitrogen and oxygen atoms in total. The Morgan fingerprint density at radius 2 is 1.77 bits per heavy atom. The van der Waals surface area contributed by atoms with Crippen molar-refractivity contribution >= 4 is 40.8 Å². The lowest BCUT2D eigenvalue weighted by Gasteiger charge is -2.12. The Morgan fingerprint density at radius 3 is 2.33 bits per heavy atom. The van der Waals surface area contributed by atoms with Gasteiger partial charge in [-0.05, 0) is 25.1 Å². The summed E-state index contributed by atoms with van der Waals surface area (Å²) in [5.74, 6) is -2.00. The minimum Gasteiger partial charge on any atom is -0.464 e. The first-order chi connectivity index (χ1) is 13.9. The third-order valence-electron chi connectivity index (χ3n) is 4.11. The molecular weight excluding hydrogens is 429 g/mol. The zero-order valence-electron chi connectivity index (χ0n) is 16.2. The maximum absolute atomic E-state index is 12.9. The zero-order chi connectivity index (χ0) is 22.6. The van der Waals surface area contributed by atoms with Crippen LogP contribution in [-0.4, -0.2) is 34.7 Å². The Labute approximate surface area is 174 Å². The fraction of sp³-hybridized carbons (Fsp3) is 0.333. The van der Waals surface area contributed by atoms with E-state index in [0.717, 1.165) is 6.07 Å². The Balaban J connectivity index is 2.00. The van der Waals surface area contributed by atoms with Gasteiger partial charge >= 0.3 is 12.1 Å². The minimum absolute atomic E-state index is 0.0869. The quantitative estimate of drug-likeness (QED) is 0.661. The van der Waals surface area contributed by atoms with E-state index in [1.807, 2.05) is 0 Å². The number of amides is 2. The van der Waals surface area contributed by atoms with Crippen molar-refractivity contribution in [1.82, 2.24) is 9.78 Å². The molecule has 0 spiro atoms. The molecule has 0 atom stereocenters. The second-order valence-electron chi connectivity index (χ2n) is 6.21. The molecule has 2 amide bonds. The van der Waals surface area contributed by atoms with Gasteiger partial charge in [-0.3, -0.25) is 14.3 Å². The second-order valence-corrected chi connectivity index (χ2v) is 6.62. The lowest BCUT2D eigenvalue weighted by Crippen LogP contribution is -2.19. The second kappa shape index (κ2) is 9.16. The van der Waals surface area contributed by atoms with Crippen molar-refractivity contribution in [3.05, 3.63) is 40.2 Å². The van der Waals surface area contributed by atoms with Gasteiger partial charge in [-0.15, -0.1) is 0 Å². The van der Waals surface area contributed by atoms with Gasteiger partial charge in [-0.2, -0.15) is 18.3 Å². The highest BCUT2D eigenvalue weighted by Crippen LogP contribution is 2.36. The smallest absolute Gasteiger partial charge is 0.417 e. The van der Waals surface area contributed by atoms with Gasteiger partial charge in [-0.25, -0.2) is 4.79 Å². The number of hydrogen-bond donors (Lipinski definition) is 2. The van der Waals surface area contributed by atoms with E-state index >= 15 is 0 Å². The van der Waals surface area contributed by atoms with Crippen LogP contribution in [0, 0.1) is 6.92 Å². The fourth-order valence-corrected chi connectivity index (χ4v) is 2.69. The summed E-state index contributed by atoms with van der Waals surface area (Å²) in [7, 11) is 2.75. The van der Waals surface area contributed by atoms with Crippen molar-refractivity contribution in [3.63, 3.8) is 0 Å². The molecule has 2 rings (SSSR count). The van der Waals surface area contributed by atoms with Crippen LogP contribution in [0.1, 0.15) is 34.6 Å². The molecule has 0 unspecified atom stereocenters. The van der Waals surface area contributed by atoms with E-state index in [2.05, 4.69) is 20.5 Å². The van der Waals surface area contributed by atoms with E-state index in [0.29, 0.717) is 11.8 Å². The lowest BCUT2D eigenvalue weighted by molar-refractivity contribution is -0.137. The van der Waals surface area contributed by atoms with E-state index in [-0.39, 0.29) is 29.9 Å². The first kappa shape index (κ1) is 23.2. The van der Waals surface area contributed by atoms with Crippen LogP contribution in [0.15, 0.2) is 18.2 Å². The number of carbonyl (C=O) groups is 3. The summed E-state index contributed by atoms with van der Waals surface area (Å²) in [6.07, 6.45) is -5.25. The van der Waals surface area contributed by atoms with Crippen LogP contribution in [0.5, 0.6) is 0 Å². The number of halogens is 4. The number of nitrogens with zero attached hydrogens (tertiary/aromatic N) is 2. The molecule has 0 bridgehead atoms. The number of alkyl halides is 3. The maximum atomic E-state index is 12.9. The molecule has 30 heavy (non-hydrogen) atoms. The number of ether oxygens (including phenoxy) is 1. The molecule has 162 valence electrons. The van der Waals surface area contributed by atoms with Gasteiger partial charge in [0.15, 0.2) is 5.69 Å². The summed E-state index contributed by atoms with van der Waals surface area (Å²) < 4.78 is 44.7. The molecule has 1 aromatic carbocycles. The molecular formula is C18H18ClF3N4O4. The fourth-order valence-electron chi connectivity index (χ4n) is 2.47. The average Bonchev–Trinajstić information content (AvgIpc) is 2.94. The number of aromatic nitrogens is 2. The van der Waals surface area contributed by atoms with Gasteiger partial charge in [-0.1, -0.05) is 11.6 Å². The van der Waals surface area contributed by atoms with E-state index in [9.17, 15) is 27.6 Å². The van der Waals surface area contributed by atoms with Crippen molar-refractivity contribution in [2.75, 3.05) is 17.7 Å². The molecule has 0 saturated heterocycles. The van der Waals surface area contributed by atoms with Crippen LogP contribution in [0.2, 0.25) is 5.02 Å². The molecule has 0 aliphatic rings. The van der Waals surface area contributed by atoms with E-state index in [1.165, 1.54) is 17.9 Å². The number of aryl methyl sites for hydroxylation is 1. The summed E-state index contributed by atoms with van der Waals surface area (Å²) in [5.41, 5.74) is -0.622. The van der Waals surface area contributed by atoms with Gasteiger partial charge in [0.2, 0.25) is 11.8 Å². The number of methoxy groups -OCH3 is 1. The highest BCUT2D eigenvalue weighted by molar-refractivity contribution is 6.31. The normalized spacial score (nSPS) is 11.2. The van der Waals surface area contributed by atoms with Crippen molar-refractivity contribution in [2.24, 2.45) is 7.05 Å². The lowest BCUT2D eigenvalue weighted by atomic mass is 10.2. The van der Waals surface area contributed by atoms with E-state index in [4.69, 9.17) is 11.6 Å². The Bertz CT molecular complexity index is 989. The molecule has 2 aromatic rings. The SMILES string of the molecule is COC(=O)c1nn(C)c(C)c1NC(=O)CCC(=O)Nc1ccc(Cl)c(C(F)(F)F)c1. The predicted molar refractivity (Wildman–Crippen MR) is 102 cm³/mol. The summed E-state index contributed by atoms with van der Waals surface area (Å²) in [4.78, 5) is 36.0. The Morgan fingerprint density at radius 1 is 1.17 bits per heavy atom. The third kappa shape index (κ3) is 5.50. The number of hydrogen-bond acceptors (Lipinski definition) is 5. The number of rotatable bonds is 6. The van der Waals surface area contributed by atoms with Gasteiger partial charge in [0.05, 0.1) is 29.1 Å². The van der Waals surface area contributed by atoms with E-state index < -0.39 is 34.5 Å². The van der Waals surface area contributed by atoms with Crippen LogP contribution in [0.3, 0.4) is 0 Å². The molecule has 0 saturated carbocycles. The topological polar surface area (TPSA) is 102 Å². The Kier molecular flexibility index (Phi) is 7.08. The number of esters is 1. The maximum Gasteiger partial charge on any atom is 0.417 e. The van der Waals surface area contributed by atoms with Crippen LogP contribution in [0.25, 0.3) is 0 Å². The van der Waals surface area contributed by atoms with Crippen LogP contribution < -0.4 is 10.6 Å². The van der Waals surface area contributed by atoms with Crippen molar-refractivity contribution < 1.29 is 32.3 Å². The standard InChI is InChI=1S/C18H18ClF3N4O4/c1-9-15(16(17(29)30-3)25-26(9)2)24-14(28)7-6-13(27)23-10-4-5-12(19)11(8-10)18(20,21)22/h4-5,8H,6-7H2,1-3H3,(H,23,27)(H,24,28). The highest BCUT2D eigenvalue weighted by Gasteiger charge is 2.33. The van der Waals surface area contributed by atoms with Gasteiger partial charge in [0, 0.05) is 25.6 Å². The molecule has 1 aromatic heterocycles. The van der Waals surface area contributed by atoms with Crippen LogP contribution >= 0.6 is 11.6 Å². The van der Waals surface area contributed by atoms with Gasteiger partial charge in [0.1, 0.15) is 0 Å². The number of carbonyl (C=O) groups excluding carboxylic acids is 3. The summed E-state index contributed by atoms with van der Waals surface area (Å²) in [6.45, 7) is 1.63. The highest BCUT2D eigenvalue weighted by atomic mass is 35.5. The van der Waals surface area contributed by atoms with Crippen molar-refractivity contribution in [2.45, 2.75) is 25.9 Å². The number of nitrogens with one attached hydrogen (secondary N) is 2. The van der Waals surface area contributed by atoms with Crippen LogP contribution in [-0.2, 0) is 27.5 Å². The zero-order valence-corrected chi connectivity index (χ0v) is 16.9. The first-order valence-corrected chi connectivity index (χ1v) is 8.90. The molecule has 1 heterocycles. The molecule has 12 heteroatoms. The molecule has 0 fully saturated rings. The molecule has 0 radical (unpaired) electrons. The van der Waals surface area contributed by atoms with Gasteiger partial charge < -0.3 is 15.4 Å².